The molecular formula is C8H13NO3. The smallest absolute Gasteiger partial charge is 0.302 e. The third-order valence-corrected chi connectivity index (χ3v) is 1.77. The second-order valence-electron chi connectivity index (χ2n) is 3.14. The zero-order valence-electron chi connectivity index (χ0n) is 7.29. The van der Waals surface area contributed by atoms with Crippen LogP contribution in [0.3, 0.4) is 0 Å². The lowest BCUT2D eigenvalue weighted by molar-refractivity contribution is -0.150. The zero-order chi connectivity index (χ0) is 9.14. The number of carbonyl (C=O) groups is 2. The third-order valence-electron chi connectivity index (χ3n) is 1.77. The minimum atomic E-state index is -0.318. The van der Waals surface area contributed by atoms with Gasteiger partial charge in [0.2, 0.25) is 5.91 Å². The summed E-state index contributed by atoms with van der Waals surface area (Å²) in [5.41, 5.74) is 0. The van der Waals surface area contributed by atoms with E-state index < -0.39 is 0 Å². The molecule has 1 aliphatic heterocycles. The first-order valence-electron chi connectivity index (χ1n) is 4.04. The van der Waals surface area contributed by atoms with Crippen molar-refractivity contribution in [2.75, 3.05) is 0 Å². The maximum atomic E-state index is 11.0. The Morgan fingerprint density at radius 3 is 2.83 bits per heavy atom. The quantitative estimate of drug-likeness (QED) is 0.574. The first-order valence-corrected chi connectivity index (χ1v) is 4.04. The average molecular weight is 171 g/mol. The van der Waals surface area contributed by atoms with Gasteiger partial charge in [-0.1, -0.05) is 0 Å². The van der Waals surface area contributed by atoms with Crippen LogP contribution in [0.15, 0.2) is 0 Å². The van der Waals surface area contributed by atoms with Gasteiger partial charge in [0.1, 0.15) is 6.10 Å². The maximum absolute atomic E-state index is 11.0. The predicted molar refractivity (Wildman–Crippen MR) is 42.4 cm³/mol. The van der Waals surface area contributed by atoms with Crippen LogP contribution in [0.5, 0.6) is 0 Å². The van der Waals surface area contributed by atoms with Crippen molar-refractivity contribution in [2.45, 2.75) is 38.8 Å². The fourth-order valence-corrected chi connectivity index (χ4v) is 1.40. The SMILES string of the molecule is CC(=O)OC1CC(=O)NC(C)C1. The number of rotatable bonds is 1. The van der Waals surface area contributed by atoms with Crippen molar-refractivity contribution in [3.63, 3.8) is 0 Å². The number of carbonyl (C=O) groups excluding carboxylic acids is 2. The van der Waals surface area contributed by atoms with Crippen LogP contribution in [0.1, 0.15) is 26.7 Å². The Hall–Kier alpha value is -1.06. The lowest BCUT2D eigenvalue weighted by Crippen LogP contribution is -2.43. The molecule has 12 heavy (non-hydrogen) atoms. The summed E-state index contributed by atoms with van der Waals surface area (Å²) >= 11 is 0. The molecule has 0 aromatic rings. The Labute approximate surface area is 71.3 Å². The van der Waals surface area contributed by atoms with Crippen molar-refractivity contribution in [1.29, 1.82) is 0 Å². The fourth-order valence-electron chi connectivity index (χ4n) is 1.40. The van der Waals surface area contributed by atoms with E-state index in [1.165, 1.54) is 6.92 Å². The molecule has 1 amide bonds. The number of piperidine rings is 1. The summed E-state index contributed by atoms with van der Waals surface area (Å²) < 4.78 is 4.93. The minimum Gasteiger partial charge on any atom is -0.462 e. The highest BCUT2D eigenvalue weighted by atomic mass is 16.5. The Morgan fingerprint density at radius 1 is 1.67 bits per heavy atom. The van der Waals surface area contributed by atoms with E-state index in [2.05, 4.69) is 5.32 Å². The van der Waals surface area contributed by atoms with E-state index in [4.69, 9.17) is 4.74 Å². The van der Waals surface area contributed by atoms with Crippen molar-refractivity contribution in [3.8, 4) is 0 Å². The van der Waals surface area contributed by atoms with Gasteiger partial charge in [-0.05, 0) is 6.92 Å². The van der Waals surface area contributed by atoms with Gasteiger partial charge < -0.3 is 10.1 Å². The van der Waals surface area contributed by atoms with Crippen LogP contribution in [-0.4, -0.2) is 24.0 Å². The van der Waals surface area contributed by atoms with Crippen LogP contribution in [0.25, 0.3) is 0 Å². The van der Waals surface area contributed by atoms with Crippen molar-refractivity contribution in [1.82, 2.24) is 5.32 Å². The Morgan fingerprint density at radius 2 is 2.33 bits per heavy atom. The lowest BCUT2D eigenvalue weighted by Gasteiger charge is -2.26. The van der Waals surface area contributed by atoms with E-state index in [1.807, 2.05) is 6.92 Å². The highest BCUT2D eigenvalue weighted by Gasteiger charge is 2.25. The fraction of sp³-hybridized carbons (Fsp3) is 0.750. The molecule has 2 atom stereocenters. The summed E-state index contributed by atoms with van der Waals surface area (Å²) in [6.45, 7) is 3.25. The summed E-state index contributed by atoms with van der Waals surface area (Å²) in [4.78, 5) is 21.5. The minimum absolute atomic E-state index is 0.0417. The Kier molecular flexibility index (Phi) is 2.68. The molecule has 4 heteroatoms. The Bertz CT molecular complexity index is 200. The summed E-state index contributed by atoms with van der Waals surface area (Å²) in [7, 11) is 0. The molecular weight excluding hydrogens is 158 g/mol. The van der Waals surface area contributed by atoms with Crippen LogP contribution in [-0.2, 0) is 14.3 Å². The van der Waals surface area contributed by atoms with Crippen molar-refractivity contribution in [2.24, 2.45) is 0 Å². The van der Waals surface area contributed by atoms with Gasteiger partial charge >= 0.3 is 5.97 Å². The number of nitrogens with one attached hydrogen (secondary N) is 1. The normalized spacial score (nSPS) is 29.3. The molecule has 2 unspecified atom stereocenters. The summed E-state index contributed by atoms with van der Waals surface area (Å²) in [6.07, 6.45) is 0.779. The first kappa shape index (κ1) is 9.03. The van der Waals surface area contributed by atoms with Gasteiger partial charge in [0.15, 0.2) is 0 Å². The van der Waals surface area contributed by atoms with Gasteiger partial charge in [-0.25, -0.2) is 0 Å². The standard InChI is InChI=1S/C8H13NO3/c1-5-3-7(12-6(2)10)4-8(11)9-5/h5,7H,3-4H2,1-2H3,(H,9,11). The number of hydrogen-bond acceptors (Lipinski definition) is 3. The van der Waals surface area contributed by atoms with E-state index in [9.17, 15) is 9.59 Å². The molecule has 0 bridgehead atoms. The first-order chi connectivity index (χ1) is 5.58. The second kappa shape index (κ2) is 3.56. The van der Waals surface area contributed by atoms with Gasteiger partial charge in [-0.3, -0.25) is 9.59 Å². The highest BCUT2D eigenvalue weighted by molar-refractivity contribution is 5.78. The zero-order valence-corrected chi connectivity index (χ0v) is 7.29. The molecule has 0 aromatic heterocycles. The lowest BCUT2D eigenvalue weighted by atomic mass is 10.0. The third kappa shape index (κ3) is 2.53. The highest BCUT2D eigenvalue weighted by Crippen LogP contribution is 2.12. The van der Waals surface area contributed by atoms with Crippen molar-refractivity contribution >= 4 is 11.9 Å². The van der Waals surface area contributed by atoms with E-state index in [0.717, 1.165) is 0 Å². The Balaban J connectivity index is 2.44. The van der Waals surface area contributed by atoms with E-state index in [-0.39, 0.29) is 24.0 Å². The van der Waals surface area contributed by atoms with Crippen molar-refractivity contribution in [3.05, 3.63) is 0 Å². The molecule has 0 saturated carbocycles. The maximum Gasteiger partial charge on any atom is 0.302 e. The van der Waals surface area contributed by atoms with E-state index >= 15 is 0 Å². The largest absolute Gasteiger partial charge is 0.462 e. The predicted octanol–water partition coefficient (Wildman–Crippen LogP) is 0.217. The van der Waals surface area contributed by atoms with Crippen LogP contribution >= 0.6 is 0 Å². The van der Waals surface area contributed by atoms with E-state index in [0.29, 0.717) is 12.8 Å². The van der Waals surface area contributed by atoms with Crippen LogP contribution in [0.4, 0.5) is 0 Å². The van der Waals surface area contributed by atoms with Gasteiger partial charge in [-0.2, -0.15) is 0 Å². The molecule has 1 aliphatic rings. The average Bonchev–Trinajstić information content (AvgIpc) is 1.81. The number of esters is 1. The van der Waals surface area contributed by atoms with Crippen LogP contribution in [0, 0.1) is 0 Å². The molecule has 4 nitrogen and oxygen atoms in total. The summed E-state index contributed by atoms with van der Waals surface area (Å²) in [6, 6.07) is 0.107. The molecule has 0 aliphatic carbocycles. The number of amides is 1. The van der Waals surface area contributed by atoms with Crippen LogP contribution in [0.2, 0.25) is 0 Å². The van der Waals surface area contributed by atoms with Crippen molar-refractivity contribution < 1.29 is 14.3 Å². The molecule has 0 aromatic carbocycles. The van der Waals surface area contributed by atoms with Gasteiger partial charge in [0, 0.05) is 19.4 Å². The molecule has 68 valence electrons. The second-order valence-corrected chi connectivity index (χ2v) is 3.14. The van der Waals surface area contributed by atoms with Gasteiger partial charge in [-0.15, -0.1) is 0 Å². The van der Waals surface area contributed by atoms with Gasteiger partial charge in [0.05, 0.1) is 6.42 Å². The topological polar surface area (TPSA) is 55.4 Å². The van der Waals surface area contributed by atoms with Gasteiger partial charge in [0.25, 0.3) is 0 Å². The van der Waals surface area contributed by atoms with E-state index in [1.54, 1.807) is 0 Å². The molecule has 1 N–H and O–H groups in total. The summed E-state index contributed by atoms with van der Waals surface area (Å²) in [5.74, 6) is -0.359. The number of ether oxygens (including phenoxy) is 1. The molecule has 1 fully saturated rings. The molecule has 0 spiro atoms. The number of hydrogen-bond donors (Lipinski definition) is 1. The summed E-state index contributed by atoms with van der Waals surface area (Å²) in [5, 5.41) is 2.75. The monoisotopic (exact) mass is 171 g/mol. The molecule has 1 rings (SSSR count). The molecule has 1 heterocycles. The van der Waals surface area contributed by atoms with Crippen LogP contribution < -0.4 is 5.32 Å². The molecule has 0 radical (unpaired) electrons. The molecule has 1 saturated heterocycles.